The Morgan fingerprint density at radius 1 is 0.966 bits per heavy atom. The lowest BCUT2D eigenvalue weighted by atomic mass is 9.97. The molecule has 3 N–H and O–H groups in total. The van der Waals surface area contributed by atoms with Crippen molar-refractivity contribution in [3.63, 3.8) is 0 Å². The Hall–Kier alpha value is -2.43. The van der Waals surface area contributed by atoms with Gasteiger partial charge >= 0.3 is 5.97 Å². The van der Waals surface area contributed by atoms with Crippen LogP contribution in [0.5, 0.6) is 0 Å². The third-order valence-corrected chi connectivity index (χ3v) is 7.51. The number of aliphatic carboxylic acids is 1. The zero-order valence-corrected chi connectivity index (χ0v) is 17.8. The van der Waals surface area contributed by atoms with Gasteiger partial charge in [0, 0.05) is 11.8 Å². The monoisotopic (exact) mass is 417 g/mol. The zero-order chi connectivity index (χ0) is 21.6. The van der Waals surface area contributed by atoms with Gasteiger partial charge in [0.05, 0.1) is 5.92 Å². The van der Waals surface area contributed by atoms with E-state index >= 15 is 0 Å². The molecule has 0 heterocycles. The molecule has 0 radical (unpaired) electrons. The lowest BCUT2D eigenvalue weighted by molar-refractivity contribution is -0.141. The van der Waals surface area contributed by atoms with Gasteiger partial charge in [0.1, 0.15) is 6.04 Å². The largest absolute Gasteiger partial charge is 0.480 e. The molecule has 2 rings (SSSR count). The molecule has 29 heavy (non-hydrogen) atoms. The molecular weight excluding hydrogens is 389 g/mol. The van der Waals surface area contributed by atoms with Gasteiger partial charge in [0.25, 0.3) is 0 Å². The highest BCUT2D eigenvalue weighted by atomic mass is 31.2. The van der Waals surface area contributed by atoms with Crippen molar-refractivity contribution in [2.24, 2.45) is 5.92 Å². The lowest BCUT2D eigenvalue weighted by Crippen LogP contribution is -2.43. The summed E-state index contributed by atoms with van der Waals surface area (Å²) in [6.45, 7) is 4.65. The third kappa shape index (κ3) is 6.55. The molecule has 0 aliphatic rings. The van der Waals surface area contributed by atoms with Gasteiger partial charge in [-0.25, -0.2) is 0 Å². The third-order valence-electron chi connectivity index (χ3n) is 4.93. The Kier molecular flexibility index (Phi) is 7.77. The second-order valence-corrected chi connectivity index (χ2v) is 10.5. The molecule has 0 fully saturated rings. The summed E-state index contributed by atoms with van der Waals surface area (Å²) in [5.41, 5.74) is 2.47. The summed E-state index contributed by atoms with van der Waals surface area (Å²) >= 11 is 0. The van der Waals surface area contributed by atoms with E-state index in [9.17, 15) is 19.0 Å². The minimum Gasteiger partial charge on any atom is -0.480 e. The van der Waals surface area contributed by atoms with Gasteiger partial charge in [0.2, 0.25) is 13.3 Å². The first-order valence-electron chi connectivity index (χ1n) is 9.59. The van der Waals surface area contributed by atoms with Crippen molar-refractivity contribution in [1.29, 1.82) is 0 Å². The summed E-state index contributed by atoms with van der Waals surface area (Å²) in [7, 11) is -3.54. The number of amides is 1. The van der Waals surface area contributed by atoms with Crippen molar-refractivity contribution in [3.8, 4) is 11.1 Å². The first-order valence-corrected chi connectivity index (χ1v) is 11.5. The predicted molar refractivity (Wildman–Crippen MR) is 114 cm³/mol. The Bertz CT molecular complexity index is 880. The van der Waals surface area contributed by atoms with Crippen molar-refractivity contribution in [2.45, 2.75) is 38.9 Å². The van der Waals surface area contributed by atoms with Crippen LogP contribution in [0.2, 0.25) is 0 Å². The fourth-order valence-corrected chi connectivity index (χ4v) is 4.26. The van der Waals surface area contributed by atoms with E-state index in [-0.39, 0.29) is 12.6 Å². The maximum Gasteiger partial charge on any atom is 0.325 e. The Morgan fingerprint density at radius 3 is 2.03 bits per heavy atom. The van der Waals surface area contributed by atoms with Crippen LogP contribution in [0.15, 0.2) is 54.6 Å². The van der Waals surface area contributed by atoms with Gasteiger partial charge in [-0.05, 0) is 30.0 Å². The molecule has 0 aromatic heterocycles. The van der Waals surface area contributed by atoms with Crippen LogP contribution in [0.4, 0.5) is 0 Å². The molecule has 0 bridgehead atoms. The number of rotatable bonds is 9. The number of carbonyl (C=O) groups is 2. The number of hydrogen-bond acceptors (Lipinski definition) is 3. The van der Waals surface area contributed by atoms with Gasteiger partial charge in [-0.2, -0.15) is 0 Å². The minimum absolute atomic E-state index is 0.191. The maximum absolute atomic E-state index is 12.6. The van der Waals surface area contributed by atoms with Crippen LogP contribution in [0.3, 0.4) is 0 Å². The van der Waals surface area contributed by atoms with Crippen molar-refractivity contribution >= 4 is 19.2 Å². The van der Waals surface area contributed by atoms with Crippen LogP contribution in [0, 0.1) is 5.92 Å². The van der Waals surface area contributed by atoms with E-state index in [0.717, 1.165) is 16.7 Å². The molecule has 1 unspecified atom stereocenters. The standard InChI is InChI=1S/C22H28NO5P/c1-15(2)29(27,28)14-20(21(24)23-16(3)22(25)26)13-17-9-11-19(12-10-17)18-7-5-4-6-8-18/h4-12,15-16,20H,13-14H2,1-3H3,(H,23,24)(H,25,26)(H,27,28)/t16-,20+/m0/s1. The van der Waals surface area contributed by atoms with Crippen LogP contribution in [0.1, 0.15) is 26.3 Å². The first kappa shape index (κ1) is 22.9. The number of hydrogen-bond donors (Lipinski definition) is 3. The fourth-order valence-electron chi connectivity index (χ4n) is 2.91. The van der Waals surface area contributed by atoms with Gasteiger partial charge in [0.15, 0.2) is 0 Å². The van der Waals surface area contributed by atoms with Gasteiger partial charge in [-0.3, -0.25) is 14.2 Å². The fraction of sp³-hybridized carbons (Fsp3) is 0.364. The summed E-state index contributed by atoms with van der Waals surface area (Å²) in [5, 5.41) is 11.5. The normalized spacial score (nSPS) is 15.3. The van der Waals surface area contributed by atoms with E-state index in [1.807, 2.05) is 54.6 Å². The van der Waals surface area contributed by atoms with Crippen molar-refractivity contribution in [2.75, 3.05) is 6.16 Å². The summed E-state index contributed by atoms with van der Waals surface area (Å²) in [6, 6.07) is 16.5. The van der Waals surface area contributed by atoms with Crippen molar-refractivity contribution in [1.82, 2.24) is 5.32 Å². The molecule has 0 saturated carbocycles. The molecule has 7 heteroatoms. The smallest absolute Gasteiger partial charge is 0.325 e. The highest BCUT2D eigenvalue weighted by Gasteiger charge is 2.32. The zero-order valence-electron chi connectivity index (χ0n) is 16.9. The molecule has 0 aliphatic heterocycles. The van der Waals surface area contributed by atoms with Gasteiger partial charge in [-0.15, -0.1) is 0 Å². The van der Waals surface area contributed by atoms with E-state index in [4.69, 9.17) is 5.11 Å². The first-order chi connectivity index (χ1) is 13.6. The molecule has 3 atom stereocenters. The van der Waals surface area contributed by atoms with Crippen molar-refractivity contribution in [3.05, 3.63) is 60.2 Å². The summed E-state index contributed by atoms with van der Waals surface area (Å²) in [5.74, 6) is -2.47. The molecule has 0 aliphatic carbocycles. The molecule has 6 nitrogen and oxygen atoms in total. The van der Waals surface area contributed by atoms with Gasteiger partial charge < -0.3 is 15.3 Å². The highest BCUT2D eigenvalue weighted by molar-refractivity contribution is 7.58. The van der Waals surface area contributed by atoms with Crippen LogP contribution in [-0.2, 0) is 20.6 Å². The number of nitrogens with one attached hydrogen (secondary N) is 1. The molecule has 2 aromatic rings. The maximum atomic E-state index is 12.6. The van der Waals surface area contributed by atoms with E-state index in [1.165, 1.54) is 6.92 Å². The predicted octanol–water partition coefficient (Wildman–Crippen LogP) is 3.78. The van der Waals surface area contributed by atoms with Crippen LogP contribution in [-0.4, -0.2) is 39.7 Å². The van der Waals surface area contributed by atoms with Gasteiger partial charge in [-0.1, -0.05) is 68.4 Å². The number of benzene rings is 2. The van der Waals surface area contributed by atoms with E-state index in [0.29, 0.717) is 0 Å². The Labute approximate surface area is 171 Å². The number of carboxylic acids is 1. The molecule has 2 aromatic carbocycles. The average molecular weight is 417 g/mol. The molecule has 0 saturated heterocycles. The summed E-state index contributed by atoms with van der Waals surface area (Å²) < 4.78 is 12.5. The molecular formula is C22H28NO5P. The summed E-state index contributed by atoms with van der Waals surface area (Å²) in [4.78, 5) is 34.0. The second kappa shape index (κ2) is 9.86. The average Bonchev–Trinajstić information content (AvgIpc) is 2.68. The van der Waals surface area contributed by atoms with Crippen molar-refractivity contribution < 1.29 is 24.2 Å². The topological polar surface area (TPSA) is 104 Å². The SMILES string of the molecule is CC(C)P(=O)(O)C[C@@H](Cc1ccc(-c2ccccc2)cc1)C(=O)N[C@@H](C)C(=O)O. The highest BCUT2D eigenvalue weighted by Crippen LogP contribution is 2.48. The lowest BCUT2D eigenvalue weighted by Gasteiger charge is -2.23. The quantitative estimate of drug-likeness (QED) is 0.539. The number of carboxylic acid groups (broad SMARTS) is 1. The van der Waals surface area contributed by atoms with E-state index in [1.54, 1.807) is 13.8 Å². The van der Waals surface area contributed by atoms with Crippen LogP contribution >= 0.6 is 7.37 Å². The summed E-state index contributed by atoms with van der Waals surface area (Å²) in [6.07, 6.45) is 0.0633. The van der Waals surface area contributed by atoms with E-state index < -0.39 is 36.9 Å². The van der Waals surface area contributed by atoms with Crippen LogP contribution < -0.4 is 5.32 Å². The van der Waals surface area contributed by atoms with E-state index in [2.05, 4.69) is 5.32 Å². The Morgan fingerprint density at radius 2 is 1.52 bits per heavy atom. The molecule has 156 valence electrons. The van der Waals surface area contributed by atoms with Crippen LogP contribution in [0.25, 0.3) is 11.1 Å². The molecule has 1 amide bonds. The Balaban J connectivity index is 2.21. The minimum atomic E-state index is -3.54. The number of carbonyl (C=O) groups excluding carboxylic acids is 1. The molecule has 0 spiro atoms. The second-order valence-electron chi connectivity index (χ2n) is 7.56.